The highest BCUT2D eigenvalue weighted by molar-refractivity contribution is 6.22. The fourth-order valence-corrected chi connectivity index (χ4v) is 7.84. The smallest absolute Gasteiger partial charge is 0.164 e. The first-order chi connectivity index (χ1) is 25.8. The zero-order chi connectivity index (χ0) is 34.2. The van der Waals surface area contributed by atoms with Crippen molar-refractivity contribution in [2.75, 3.05) is 0 Å². The van der Waals surface area contributed by atoms with Crippen molar-refractivity contribution < 1.29 is 4.42 Å². The molecular weight excluding hydrogens is 637 g/mol. The second kappa shape index (κ2) is 11.2. The summed E-state index contributed by atoms with van der Waals surface area (Å²) in [4.78, 5) is 15.3. The van der Waals surface area contributed by atoms with E-state index in [0.29, 0.717) is 17.5 Å². The highest BCUT2D eigenvalue weighted by atomic mass is 16.3. The van der Waals surface area contributed by atoms with Crippen LogP contribution in [0.5, 0.6) is 0 Å². The molecule has 0 radical (unpaired) electrons. The SMILES string of the molecule is c1ccc(-c2nc(-c3ccccc3)nc(-c3cc4c(oc5cccc(-n6c7ccccc7c7cc8ccccc8cc76)c54)c4ccccc34)n2)cc1. The monoisotopic (exact) mass is 664 g/mol. The van der Waals surface area contributed by atoms with Gasteiger partial charge in [0.2, 0.25) is 0 Å². The Hall–Kier alpha value is -7.11. The van der Waals surface area contributed by atoms with Crippen LogP contribution < -0.4 is 0 Å². The maximum absolute atomic E-state index is 6.81. The van der Waals surface area contributed by atoms with Crippen LogP contribution in [0.2, 0.25) is 0 Å². The Morgan fingerprint density at radius 3 is 1.73 bits per heavy atom. The van der Waals surface area contributed by atoms with E-state index >= 15 is 0 Å². The molecule has 3 aromatic heterocycles. The van der Waals surface area contributed by atoms with Crippen LogP contribution in [0.4, 0.5) is 0 Å². The van der Waals surface area contributed by atoms with Gasteiger partial charge in [-0.3, -0.25) is 0 Å². The van der Waals surface area contributed by atoms with E-state index in [1.807, 2.05) is 60.7 Å². The van der Waals surface area contributed by atoms with Gasteiger partial charge >= 0.3 is 0 Å². The highest BCUT2D eigenvalue weighted by Crippen LogP contribution is 2.43. The zero-order valence-electron chi connectivity index (χ0n) is 27.9. The summed E-state index contributed by atoms with van der Waals surface area (Å²) < 4.78 is 9.21. The van der Waals surface area contributed by atoms with Crippen LogP contribution in [0.1, 0.15) is 0 Å². The second-order valence-corrected chi connectivity index (χ2v) is 13.2. The second-order valence-electron chi connectivity index (χ2n) is 13.2. The van der Waals surface area contributed by atoms with Gasteiger partial charge < -0.3 is 8.98 Å². The third-order valence-electron chi connectivity index (χ3n) is 10.2. The maximum Gasteiger partial charge on any atom is 0.164 e. The minimum absolute atomic E-state index is 0.612. The van der Waals surface area contributed by atoms with Gasteiger partial charge in [-0.05, 0) is 52.6 Å². The lowest BCUT2D eigenvalue weighted by atomic mass is 9.99. The van der Waals surface area contributed by atoms with E-state index in [-0.39, 0.29) is 0 Å². The van der Waals surface area contributed by atoms with Gasteiger partial charge in [-0.1, -0.05) is 133 Å². The number of hydrogen-bond acceptors (Lipinski definition) is 4. The number of fused-ring (bicyclic) bond motifs is 9. The molecule has 8 aromatic carbocycles. The molecule has 0 unspecified atom stereocenters. The zero-order valence-corrected chi connectivity index (χ0v) is 27.9. The Morgan fingerprint density at radius 2 is 1.00 bits per heavy atom. The first-order valence-corrected chi connectivity index (χ1v) is 17.5. The summed E-state index contributed by atoms with van der Waals surface area (Å²) in [5, 5.41) is 8.94. The molecule has 11 rings (SSSR count). The van der Waals surface area contributed by atoms with Crippen LogP contribution in [0, 0.1) is 0 Å². The molecule has 0 atom stereocenters. The van der Waals surface area contributed by atoms with Gasteiger partial charge in [0.05, 0.1) is 22.1 Å². The summed E-state index contributed by atoms with van der Waals surface area (Å²) in [6.45, 7) is 0. The van der Waals surface area contributed by atoms with E-state index in [2.05, 4.69) is 114 Å². The highest BCUT2D eigenvalue weighted by Gasteiger charge is 2.22. The van der Waals surface area contributed by atoms with E-state index in [1.54, 1.807) is 0 Å². The summed E-state index contributed by atoms with van der Waals surface area (Å²) in [6.07, 6.45) is 0. The van der Waals surface area contributed by atoms with E-state index < -0.39 is 0 Å². The van der Waals surface area contributed by atoms with Crippen LogP contribution in [0.3, 0.4) is 0 Å². The molecule has 52 heavy (non-hydrogen) atoms. The normalized spacial score (nSPS) is 11.8. The van der Waals surface area contributed by atoms with Crippen molar-refractivity contribution in [2.24, 2.45) is 0 Å². The van der Waals surface area contributed by atoms with Crippen molar-refractivity contribution in [3.8, 4) is 39.9 Å². The lowest BCUT2D eigenvalue weighted by Crippen LogP contribution is -2.00. The molecule has 0 aliphatic rings. The average Bonchev–Trinajstić information content (AvgIpc) is 3.76. The number of nitrogens with zero attached hydrogens (tertiary/aromatic N) is 4. The molecule has 3 heterocycles. The molecule has 0 N–H and O–H groups in total. The third kappa shape index (κ3) is 4.33. The molecule has 11 aromatic rings. The first kappa shape index (κ1) is 28.7. The van der Waals surface area contributed by atoms with Gasteiger partial charge in [-0.2, -0.15) is 0 Å². The van der Waals surface area contributed by atoms with Crippen molar-refractivity contribution >= 4 is 65.3 Å². The van der Waals surface area contributed by atoms with Crippen molar-refractivity contribution in [1.82, 2.24) is 19.5 Å². The van der Waals surface area contributed by atoms with Crippen molar-refractivity contribution in [2.45, 2.75) is 0 Å². The number of hydrogen-bond donors (Lipinski definition) is 0. The number of aromatic nitrogens is 4. The summed E-state index contributed by atoms with van der Waals surface area (Å²) >= 11 is 0. The molecule has 5 heteroatoms. The molecule has 5 nitrogen and oxygen atoms in total. The Bertz CT molecular complexity index is 3120. The number of benzene rings is 8. The van der Waals surface area contributed by atoms with Gasteiger partial charge in [-0.15, -0.1) is 0 Å². The number of furan rings is 1. The van der Waals surface area contributed by atoms with Gasteiger partial charge in [0.25, 0.3) is 0 Å². The summed E-state index contributed by atoms with van der Waals surface area (Å²) in [6, 6.07) is 59.1. The van der Waals surface area contributed by atoms with Crippen molar-refractivity contribution in [3.63, 3.8) is 0 Å². The lowest BCUT2D eigenvalue weighted by molar-refractivity contribution is 0.672. The molecule has 0 aliphatic carbocycles. The largest absolute Gasteiger partial charge is 0.455 e. The topological polar surface area (TPSA) is 56.7 Å². The molecule has 0 spiro atoms. The van der Waals surface area contributed by atoms with Crippen LogP contribution in [0.15, 0.2) is 174 Å². The van der Waals surface area contributed by atoms with Crippen LogP contribution in [-0.4, -0.2) is 19.5 Å². The minimum Gasteiger partial charge on any atom is -0.455 e. The maximum atomic E-state index is 6.81. The van der Waals surface area contributed by atoms with Gasteiger partial charge in [0.15, 0.2) is 17.5 Å². The van der Waals surface area contributed by atoms with E-state index in [0.717, 1.165) is 66.1 Å². The van der Waals surface area contributed by atoms with Gasteiger partial charge in [0.1, 0.15) is 11.2 Å². The fraction of sp³-hybridized carbons (Fsp3) is 0. The summed E-state index contributed by atoms with van der Waals surface area (Å²) in [5.74, 6) is 1.87. The third-order valence-corrected chi connectivity index (χ3v) is 10.2. The standard InChI is InChI=1S/C47H28N4O/c1-3-14-29(15-4-1)45-48-46(30-16-5-2-6-17-30)50-47(49-45)37-28-38-43-40(24-13-25-42(43)52-44(38)35-22-10-9-20-33(35)37)51-39-23-12-11-21-34(39)36-26-31-18-7-8-19-32(31)27-41(36)51/h1-28H. The summed E-state index contributed by atoms with van der Waals surface area (Å²) in [5.41, 5.74) is 7.82. The van der Waals surface area contributed by atoms with Gasteiger partial charge in [-0.25, -0.2) is 15.0 Å². The van der Waals surface area contributed by atoms with Crippen LogP contribution in [0.25, 0.3) is 105 Å². The molecule has 0 aliphatic heterocycles. The quantitative estimate of drug-likeness (QED) is 0.188. The van der Waals surface area contributed by atoms with E-state index in [9.17, 15) is 0 Å². The molecule has 0 saturated heterocycles. The molecule has 0 bridgehead atoms. The fourth-order valence-electron chi connectivity index (χ4n) is 7.84. The molecular formula is C47H28N4O. The van der Waals surface area contributed by atoms with Crippen LogP contribution in [-0.2, 0) is 0 Å². The first-order valence-electron chi connectivity index (χ1n) is 17.5. The molecule has 0 amide bonds. The number of para-hydroxylation sites is 1. The lowest BCUT2D eigenvalue weighted by Gasteiger charge is -2.12. The number of rotatable bonds is 4. The van der Waals surface area contributed by atoms with Crippen molar-refractivity contribution in [1.29, 1.82) is 0 Å². The van der Waals surface area contributed by atoms with E-state index in [4.69, 9.17) is 19.4 Å². The van der Waals surface area contributed by atoms with Gasteiger partial charge in [0, 0.05) is 38.2 Å². The Kier molecular flexibility index (Phi) is 6.18. The molecule has 0 fully saturated rings. The molecule has 242 valence electrons. The molecule has 0 saturated carbocycles. The Balaban J connectivity index is 1.24. The predicted octanol–water partition coefficient (Wildman–Crippen LogP) is 12.2. The van der Waals surface area contributed by atoms with E-state index in [1.165, 1.54) is 21.5 Å². The van der Waals surface area contributed by atoms with Crippen molar-refractivity contribution in [3.05, 3.63) is 170 Å². The summed E-state index contributed by atoms with van der Waals surface area (Å²) in [7, 11) is 0. The average molecular weight is 665 g/mol. The minimum atomic E-state index is 0.612. The Morgan fingerprint density at radius 1 is 0.404 bits per heavy atom. The van der Waals surface area contributed by atoms with Crippen LogP contribution >= 0.6 is 0 Å². The Labute approximate surface area is 298 Å². The predicted molar refractivity (Wildman–Crippen MR) is 213 cm³/mol.